The Morgan fingerprint density at radius 2 is 2.22 bits per heavy atom. The van der Waals surface area contributed by atoms with Crippen LogP contribution in [0.15, 0.2) is 4.91 Å². The maximum Gasteiger partial charge on any atom is -0.00149 e. The largest absolute Gasteiger partial charge is 0.131 e. The fraction of sp³-hybridized carbons (Fsp3) is 0.750. The van der Waals surface area contributed by atoms with Gasteiger partial charge in [-0.2, -0.15) is 0 Å². The lowest BCUT2D eigenvalue weighted by atomic mass is 9.90. The van der Waals surface area contributed by atoms with E-state index < -0.39 is 0 Å². The van der Waals surface area contributed by atoms with Gasteiger partial charge in [-0.15, -0.1) is 11.8 Å². The Morgan fingerprint density at radius 1 is 1.56 bits per heavy atom. The third-order valence-electron chi connectivity index (χ3n) is 1.56. The van der Waals surface area contributed by atoms with Crippen LogP contribution in [0.1, 0.15) is 27.2 Å². The van der Waals surface area contributed by atoms with Gasteiger partial charge < -0.3 is 0 Å². The van der Waals surface area contributed by atoms with Crippen molar-refractivity contribution in [1.29, 1.82) is 0 Å². The van der Waals surface area contributed by atoms with Crippen LogP contribution >= 0.6 is 11.8 Å². The molecule has 1 aliphatic rings. The molecule has 1 heteroatoms. The van der Waals surface area contributed by atoms with Crippen molar-refractivity contribution in [3.63, 3.8) is 0 Å². The monoisotopic (exact) mass is 141 g/mol. The Labute approximate surface area is 61.7 Å². The molecule has 0 saturated heterocycles. The first kappa shape index (κ1) is 7.20. The van der Waals surface area contributed by atoms with E-state index in [2.05, 4.69) is 26.8 Å². The standard InChI is InChI=1S/C8H13S/c1-7-6-8(2,3)4-5-9-7/h4-5H2,1-3H3. The summed E-state index contributed by atoms with van der Waals surface area (Å²) in [5.74, 6) is 1.27. The lowest BCUT2D eigenvalue weighted by Crippen LogP contribution is -2.13. The zero-order valence-electron chi connectivity index (χ0n) is 6.32. The van der Waals surface area contributed by atoms with Crippen molar-refractivity contribution < 1.29 is 0 Å². The molecule has 1 rings (SSSR count). The summed E-state index contributed by atoms with van der Waals surface area (Å²) in [7, 11) is 0. The van der Waals surface area contributed by atoms with Crippen molar-refractivity contribution in [2.75, 3.05) is 5.75 Å². The van der Waals surface area contributed by atoms with Gasteiger partial charge in [0.2, 0.25) is 0 Å². The van der Waals surface area contributed by atoms with Gasteiger partial charge in [0.15, 0.2) is 0 Å². The van der Waals surface area contributed by atoms with Crippen molar-refractivity contribution in [2.24, 2.45) is 5.41 Å². The molecule has 1 radical (unpaired) electrons. The summed E-state index contributed by atoms with van der Waals surface area (Å²) in [5, 5.41) is 0. The van der Waals surface area contributed by atoms with Crippen LogP contribution in [-0.2, 0) is 0 Å². The SMILES string of the molecule is CC1=[C]C(C)(C)CCS1. The second kappa shape index (κ2) is 2.37. The summed E-state index contributed by atoms with van der Waals surface area (Å²) < 4.78 is 0. The average molecular weight is 141 g/mol. The van der Waals surface area contributed by atoms with Crippen molar-refractivity contribution in [3.8, 4) is 0 Å². The lowest BCUT2D eigenvalue weighted by molar-refractivity contribution is 0.444. The maximum absolute atomic E-state index is 3.44. The first-order valence-corrected chi connectivity index (χ1v) is 4.33. The molecular formula is C8H13S. The van der Waals surface area contributed by atoms with Crippen molar-refractivity contribution in [3.05, 3.63) is 11.0 Å². The Kier molecular flexibility index (Phi) is 1.90. The molecule has 0 atom stereocenters. The highest BCUT2D eigenvalue weighted by atomic mass is 32.2. The fourth-order valence-electron chi connectivity index (χ4n) is 1.03. The summed E-state index contributed by atoms with van der Waals surface area (Å²) >= 11 is 1.93. The van der Waals surface area contributed by atoms with Crippen LogP contribution < -0.4 is 0 Å². The fourth-order valence-corrected chi connectivity index (χ4v) is 2.30. The van der Waals surface area contributed by atoms with E-state index >= 15 is 0 Å². The van der Waals surface area contributed by atoms with Gasteiger partial charge in [-0.1, -0.05) is 13.8 Å². The molecule has 1 aliphatic heterocycles. The van der Waals surface area contributed by atoms with Crippen molar-refractivity contribution >= 4 is 11.8 Å². The number of thioether (sulfide) groups is 1. The van der Waals surface area contributed by atoms with Crippen molar-refractivity contribution in [1.82, 2.24) is 0 Å². The van der Waals surface area contributed by atoms with Gasteiger partial charge >= 0.3 is 0 Å². The minimum atomic E-state index is 0.343. The van der Waals surface area contributed by atoms with Crippen LogP contribution in [0.3, 0.4) is 0 Å². The van der Waals surface area contributed by atoms with Crippen molar-refractivity contribution in [2.45, 2.75) is 27.2 Å². The lowest BCUT2D eigenvalue weighted by Gasteiger charge is -2.24. The third kappa shape index (κ3) is 2.05. The molecular weight excluding hydrogens is 128 g/mol. The van der Waals surface area contributed by atoms with Crippen LogP contribution in [0, 0.1) is 11.5 Å². The molecule has 9 heavy (non-hydrogen) atoms. The van der Waals surface area contributed by atoms with E-state index in [-0.39, 0.29) is 0 Å². The minimum absolute atomic E-state index is 0.343. The van der Waals surface area contributed by atoms with Crippen LogP contribution in [0.5, 0.6) is 0 Å². The molecule has 1 heterocycles. The highest BCUT2D eigenvalue weighted by Gasteiger charge is 2.19. The smallest absolute Gasteiger partial charge is 0.00149 e. The highest BCUT2D eigenvalue weighted by Crippen LogP contribution is 2.34. The molecule has 0 saturated carbocycles. The minimum Gasteiger partial charge on any atom is -0.131 e. The summed E-state index contributed by atoms with van der Waals surface area (Å²) in [6.45, 7) is 6.64. The molecule has 0 aliphatic carbocycles. The molecule has 0 unspecified atom stereocenters. The number of hydrogen-bond acceptors (Lipinski definition) is 1. The zero-order valence-corrected chi connectivity index (χ0v) is 7.14. The van der Waals surface area contributed by atoms with Gasteiger partial charge in [0.05, 0.1) is 0 Å². The van der Waals surface area contributed by atoms with Crippen LogP contribution in [0.2, 0.25) is 0 Å². The van der Waals surface area contributed by atoms with Gasteiger partial charge in [-0.25, -0.2) is 0 Å². The first-order chi connectivity index (χ1) is 4.10. The van der Waals surface area contributed by atoms with Gasteiger partial charge in [0.1, 0.15) is 0 Å². The van der Waals surface area contributed by atoms with Crippen LogP contribution in [0.4, 0.5) is 0 Å². The Morgan fingerprint density at radius 3 is 2.56 bits per heavy atom. The number of rotatable bonds is 0. The second-order valence-electron chi connectivity index (χ2n) is 3.16. The molecule has 0 bridgehead atoms. The summed E-state index contributed by atoms with van der Waals surface area (Å²) in [4.78, 5) is 1.37. The highest BCUT2D eigenvalue weighted by molar-refractivity contribution is 8.03. The molecule has 0 fully saturated rings. The molecule has 0 amide bonds. The quantitative estimate of drug-likeness (QED) is 0.500. The third-order valence-corrected chi connectivity index (χ3v) is 2.50. The Balaban J connectivity index is 2.68. The van der Waals surface area contributed by atoms with E-state index in [9.17, 15) is 0 Å². The van der Waals surface area contributed by atoms with Gasteiger partial charge in [0.25, 0.3) is 0 Å². The van der Waals surface area contributed by atoms with Gasteiger partial charge in [-0.3, -0.25) is 0 Å². The molecule has 51 valence electrons. The van der Waals surface area contributed by atoms with Gasteiger partial charge in [0, 0.05) is 0 Å². The summed E-state index contributed by atoms with van der Waals surface area (Å²) in [5.41, 5.74) is 0.343. The first-order valence-electron chi connectivity index (χ1n) is 3.35. The molecule has 0 spiro atoms. The van der Waals surface area contributed by atoms with E-state index in [1.807, 2.05) is 11.8 Å². The average Bonchev–Trinajstić information content (AvgIpc) is 1.60. The molecule has 0 aromatic rings. The topological polar surface area (TPSA) is 0 Å². The van der Waals surface area contributed by atoms with Gasteiger partial charge in [-0.05, 0) is 35.5 Å². The Bertz CT molecular complexity index is 134. The molecule has 0 N–H and O–H groups in total. The number of allylic oxidation sites excluding steroid dienone is 2. The van der Waals surface area contributed by atoms with E-state index in [1.54, 1.807) is 0 Å². The molecule has 0 nitrogen and oxygen atoms in total. The van der Waals surface area contributed by atoms with Crippen LogP contribution in [-0.4, -0.2) is 5.75 Å². The van der Waals surface area contributed by atoms with E-state index in [4.69, 9.17) is 0 Å². The summed E-state index contributed by atoms with van der Waals surface area (Å²) in [6.07, 6.45) is 4.71. The van der Waals surface area contributed by atoms with Crippen LogP contribution in [0.25, 0.3) is 0 Å². The summed E-state index contributed by atoms with van der Waals surface area (Å²) in [6, 6.07) is 0. The zero-order chi connectivity index (χ0) is 6.91. The maximum atomic E-state index is 3.44. The van der Waals surface area contributed by atoms with E-state index in [0.717, 1.165) is 0 Å². The van der Waals surface area contributed by atoms with E-state index in [0.29, 0.717) is 5.41 Å². The number of hydrogen-bond donors (Lipinski definition) is 0. The predicted octanol–water partition coefficient (Wildman–Crippen LogP) is 2.86. The normalized spacial score (nSPS) is 25.4. The Hall–Kier alpha value is 0.0900. The second-order valence-corrected chi connectivity index (χ2v) is 4.47. The molecule has 0 aromatic heterocycles. The predicted molar refractivity (Wildman–Crippen MR) is 43.3 cm³/mol. The molecule has 0 aromatic carbocycles. The van der Waals surface area contributed by atoms with E-state index in [1.165, 1.54) is 17.1 Å².